The van der Waals surface area contributed by atoms with Crippen LogP contribution in [-0.4, -0.2) is 5.91 Å². The van der Waals surface area contributed by atoms with Crippen LogP contribution in [0.15, 0.2) is 66.2 Å². The van der Waals surface area contributed by atoms with E-state index in [2.05, 4.69) is 5.32 Å². The molecule has 0 saturated carbocycles. The second kappa shape index (κ2) is 7.72. The number of hydrogen-bond donors (Lipinski definition) is 1. The van der Waals surface area contributed by atoms with Gasteiger partial charge in [-0.25, -0.2) is 8.78 Å². The first-order valence-electron chi connectivity index (χ1n) is 7.61. The van der Waals surface area contributed by atoms with Gasteiger partial charge in [0.15, 0.2) is 0 Å². The van der Waals surface area contributed by atoms with Crippen molar-refractivity contribution in [1.82, 2.24) is 0 Å². The van der Waals surface area contributed by atoms with Crippen LogP contribution in [0.25, 0.3) is 16.5 Å². The summed E-state index contributed by atoms with van der Waals surface area (Å²) >= 11 is 1.25. The summed E-state index contributed by atoms with van der Waals surface area (Å²) in [6, 6.07) is 17.3. The summed E-state index contributed by atoms with van der Waals surface area (Å²) in [5.41, 5.74) is 0.276. The number of nitrogens with zero attached hydrogens (tertiary/aromatic N) is 1. The minimum atomic E-state index is -0.710. The number of benzene rings is 2. The molecule has 0 saturated heterocycles. The molecule has 1 heterocycles. The lowest BCUT2D eigenvalue weighted by molar-refractivity contribution is -0.112. The van der Waals surface area contributed by atoms with E-state index in [1.807, 2.05) is 6.07 Å². The predicted molar refractivity (Wildman–Crippen MR) is 98.3 cm³/mol. The number of carbonyl (C=O) groups is 1. The molecule has 0 spiro atoms. The summed E-state index contributed by atoms with van der Waals surface area (Å²) in [7, 11) is 0. The number of thiophene rings is 1. The van der Waals surface area contributed by atoms with Crippen LogP contribution in [0, 0.1) is 23.0 Å². The average Bonchev–Trinajstić information content (AvgIpc) is 3.10. The Labute approximate surface area is 152 Å². The molecular weight excluding hydrogens is 354 g/mol. The molecule has 0 aliphatic rings. The molecule has 1 aromatic heterocycles. The Morgan fingerprint density at radius 1 is 1.00 bits per heavy atom. The zero-order valence-corrected chi connectivity index (χ0v) is 14.2. The Morgan fingerprint density at radius 2 is 1.69 bits per heavy atom. The lowest BCUT2D eigenvalue weighted by Crippen LogP contribution is -2.14. The van der Waals surface area contributed by atoms with Crippen LogP contribution in [0.3, 0.4) is 0 Å². The average molecular weight is 366 g/mol. The summed E-state index contributed by atoms with van der Waals surface area (Å²) in [5, 5.41) is 11.6. The van der Waals surface area contributed by atoms with Gasteiger partial charge in [-0.15, -0.1) is 11.3 Å². The molecule has 1 N–H and O–H groups in total. The third kappa shape index (κ3) is 3.85. The molecule has 0 bridgehead atoms. The van der Waals surface area contributed by atoms with E-state index in [1.165, 1.54) is 41.7 Å². The fraction of sp³-hybridized carbons (Fsp3) is 0. The summed E-state index contributed by atoms with van der Waals surface area (Å²) in [6.07, 6.45) is 1.39. The number of rotatable bonds is 4. The topological polar surface area (TPSA) is 52.9 Å². The third-order valence-corrected chi connectivity index (χ3v) is 4.61. The van der Waals surface area contributed by atoms with E-state index in [4.69, 9.17) is 0 Å². The highest BCUT2D eigenvalue weighted by molar-refractivity contribution is 7.16. The van der Waals surface area contributed by atoms with Gasteiger partial charge in [0.05, 0.1) is 5.69 Å². The maximum atomic E-state index is 13.9. The fourth-order valence-corrected chi connectivity index (χ4v) is 3.26. The molecule has 0 atom stereocenters. The molecule has 1 amide bonds. The Hall–Kier alpha value is -3.30. The molecular formula is C20H12F2N2OS. The van der Waals surface area contributed by atoms with Gasteiger partial charge in [0.1, 0.15) is 23.3 Å². The van der Waals surface area contributed by atoms with Crippen LogP contribution in [-0.2, 0) is 4.79 Å². The SMILES string of the molecule is N#C/C(=C\c1ccc(-c2ccccc2F)s1)C(=O)Nc1ccccc1F. The van der Waals surface area contributed by atoms with E-state index in [1.54, 1.807) is 36.4 Å². The van der Waals surface area contributed by atoms with Gasteiger partial charge in [-0.3, -0.25) is 4.79 Å². The molecule has 0 unspecified atom stereocenters. The van der Waals surface area contributed by atoms with Crippen molar-refractivity contribution in [3.8, 4) is 16.5 Å². The molecule has 6 heteroatoms. The molecule has 0 fully saturated rings. The van der Waals surface area contributed by atoms with Gasteiger partial charge in [0.2, 0.25) is 0 Å². The Balaban J connectivity index is 1.84. The summed E-state index contributed by atoms with van der Waals surface area (Å²) in [6.45, 7) is 0. The molecule has 3 nitrogen and oxygen atoms in total. The number of halogens is 2. The van der Waals surface area contributed by atoms with Gasteiger partial charge < -0.3 is 5.32 Å². The second-order valence-corrected chi connectivity index (χ2v) is 6.40. The van der Waals surface area contributed by atoms with Crippen molar-refractivity contribution in [2.75, 3.05) is 5.32 Å². The molecule has 3 rings (SSSR count). The zero-order valence-electron chi connectivity index (χ0n) is 13.4. The van der Waals surface area contributed by atoms with Crippen LogP contribution in [0.2, 0.25) is 0 Å². The molecule has 128 valence electrons. The van der Waals surface area contributed by atoms with Crippen LogP contribution in [0.4, 0.5) is 14.5 Å². The van der Waals surface area contributed by atoms with E-state index >= 15 is 0 Å². The minimum absolute atomic E-state index is 0.00289. The first-order chi connectivity index (χ1) is 12.6. The predicted octanol–water partition coefficient (Wildman–Crippen LogP) is 5.24. The maximum absolute atomic E-state index is 13.9. The van der Waals surface area contributed by atoms with E-state index < -0.39 is 11.7 Å². The number of nitriles is 1. The second-order valence-electron chi connectivity index (χ2n) is 5.29. The van der Waals surface area contributed by atoms with Crippen molar-refractivity contribution < 1.29 is 13.6 Å². The van der Waals surface area contributed by atoms with Gasteiger partial charge in [-0.1, -0.05) is 30.3 Å². The number of nitrogens with one attached hydrogen (secondary N) is 1. The zero-order chi connectivity index (χ0) is 18.5. The Kier molecular flexibility index (Phi) is 5.20. The number of carbonyl (C=O) groups excluding carboxylic acids is 1. The number of amides is 1. The minimum Gasteiger partial charge on any atom is -0.319 e. The van der Waals surface area contributed by atoms with Crippen LogP contribution in [0.1, 0.15) is 4.88 Å². The summed E-state index contributed by atoms with van der Waals surface area (Å²) in [5.74, 6) is -1.64. The molecule has 26 heavy (non-hydrogen) atoms. The quantitative estimate of drug-likeness (QED) is 0.507. The molecule has 2 aromatic carbocycles. The lowest BCUT2D eigenvalue weighted by atomic mass is 10.2. The standard InChI is InChI=1S/C20H12F2N2OS/c21-16-6-2-1-5-15(16)19-10-9-14(26-19)11-13(12-23)20(25)24-18-8-4-3-7-17(18)22/h1-11H,(H,24,25)/b13-11+. The number of para-hydroxylation sites is 1. The highest BCUT2D eigenvalue weighted by Crippen LogP contribution is 2.31. The molecule has 0 aliphatic heterocycles. The first-order valence-corrected chi connectivity index (χ1v) is 8.42. The van der Waals surface area contributed by atoms with Gasteiger partial charge in [0.25, 0.3) is 5.91 Å². The van der Waals surface area contributed by atoms with Gasteiger partial charge in [-0.2, -0.15) is 5.26 Å². The highest BCUT2D eigenvalue weighted by atomic mass is 32.1. The van der Waals surface area contributed by atoms with Crippen molar-refractivity contribution in [3.05, 3.63) is 82.7 Å². The molecule has 0 aliphatic carbocycles. The third-order valence-electron chi connectivity index (χ3n) is 3.54. The van der Waals surface area contributed by atoms with Crippen LogP contribution >= 0.6 is 11.3 Å². The van der Waals surface area contributed by atoms with E-state index in [-0.39, 0.29) is 17.1 Å². The Morgan fingerprint density at radius 3 is 2.38 bits per heavy atom. The van der Waals surface area contributed by atoms with Crippen LogP contribution in [0.5, 0.6) is 0 Å². The van der Waals surface area contributed by atoms with Crippen molar-refractivity contribution >= 4 is 29.0 Å². The van der Waals surface area contributed by atoms with Gasteiger partial charge in [0, 0.05) is 15.3 Å². The van der Waals surface area contributed by atoms with Crippen molar-refractivity contribution in [3.63, 3.8) is 0 Å². The summed E-state index contributed by atoms with van der Waals surface area (Å²) < 4.78 is 27.5. The lowest BCUT2D eigenvalue weighted by Gasteiger charge is -2.04. The smallest absolute Gasteiger partial charge is 0.266 e. The van der Waals surface area contributed by atoms with E-state index in [0.29, 0.717) is 15.3 Å². The Bertz CT molecular complexity index is 1030. The van der Waals surface area contributed by atoms with E-state index in [9.17, 15) is 18.8 Å². The monoisotopic (exact) mass is 366 g/mol. The maximum Gasteiger partial charge on any atom is 0.266 e. The number of hydrogen-bond acceptors (Lipinski definition) is 3. The fourth-order valence-electron chi connectivity index (χ4n) is 2.28. The van der Waals surface area contributed by atoms with Gasteiger partial charge >= 0.3 is 0 Å². The normalized spacial score (nSPS) is 11.0. The molecule has 0 radical (unpaired) electrons. The van der Waals surface area contributed by atoms with Gasteiger partial charge in [-0.05, 0) is 36.4 Å². The largest absolute Gasteiger partial charge is 0.319 e. The van der Waals surface area contributed by atoms with Crippen molar-refractivity contribution in [1.29, 1.82) is 5.26 Å². The first kappa shape index (κ1) is 17.5. The number of anilines is 1. The molecule has 3 aromatic rings. The summed E-state index contributed by atoms with van der Waals surface area (Å²) in [4.78, 5) is 13.5. The van der Waals surface area contributed by atoms with E-state index in [0.717, 1.165) is 0 Å². The highest BCUT2D eigenvalue weighted by Gasteiger charge is 2.13. The van der Waals surface area contributed by atoms with Crippen molar-refractivity contribution in [2.45, 2.75) is 0 Å². The van der Waals surface area contributed by atoms with Crippen LogP contribution < -0.4 is 5.32 Å². The van der Waals surface area contributed by atoms with Crippen molar-refractivity contribution in [2.24, 2.45) is 0 Å².